The number of benzene rings is 2. The lowest BCUT2D eigenvalue weighted by atomic mass is 10.1. The number of rotatable bonds is 7. The predicted octanol–water partition coefficient (Wildman–Crippen LogP) is 2.38. The molecule has 0 aliphatic carbocycles. The highest BCUT2D eigenvalue weighted by atomic mass is 32.2. The molecule has 0 spiro atoms. The van der Waals surface area contributed by atoms with Crippen molar-refractivity contribution in [3.63, 3.8) is 0 Å². The Bertz CT molecular complexity index is 734. The van der Waals surface area contributed by atoms with Crippen molar-refractivity contribution in [3.05, 3.63) is 71.8 Å². The number of hydrazine groups is 1. The van der Waals surface area contributed by atoms with Gasteiger partial charge in [-0.05, 0) is 17.5 Å². The minimum Gasteiger partial charge on any atom is -0.304 e. The van der Waals surface area contributed by atoms with Gasteiger partial charge < -0.3 is 5.32 Å². The maximum atomic E-state index is 12.8. The number of thioether (sulfide) groups is 1. The molecule has 5 nitrogen and oxygen atoms in total. The SMILES string of the molecule is O=C(Cc1ccccc1)NN(CCc1ccccc1)C(=O)CC1NCCS1. The van der Waals surface area contributed by atoms with Crippen LogP contribution in [0.15, 0.2) is 60.7 Å². The first kappa shape index (κ1) is 19.5. The smallest absolute Gasteiger partial charge is 0.243 e. The van der Waals surface area contributed by atoms with E-state index in [4.69, 9.17) is 0 Å². The molecule has 1 aliphatic rings. The van der Waals surface area contributed by atoms with E-state index in [2.05, 4.69) is 10.7 Å². The summed E-state index contributed by atoms with van der Waals surface area (Å²) in [5.74, 6) is 0.788. The minimum atomic E-state index is -0.172. The lowest BCUT2D eigenvalue weighted by molar-refractivity contribution is -0.141. The first-order chi connectivity index (χ1) is 13.2. The van der Waals surface area contributed by atoms with Gasteiger partial charge in [0.1, 0.15) is 0 Å². The molecule has 0 aromatic heterocycles. The molecule has 2 aromatic rings. The summed E-state index contributed by atoms with van der Waals surface area (Å²) >= 11 is 1.75. The molecule has 142 valence electrons. The van der Waals surface area contributed by atoms with E-state index in [0.29, 0.717) is 19.4 Å². The average molecular weight is 384 g/mol. The van der Waals surface area contributed by atoms with Gasteiger partial charge in [0.2, 0.25) is 11.8 Å². The Morgan fingerprint density at radius 1 is 1.04 bits per heavy atom. The van der Waals surface area contributed by atoms with E-state index < -0.39 is 0 Å². The maximum absolute atomic E-state index is 12.8. The molecule has 0 bridgehead atoms. The number of nitrogens with zero attached hydrogens (tertiary/aromatic N) is 1. The Morgan fingerprint density at radius 2 is 1.70 bits per heavy atom. The van der Waals surface area contributed by atoms with Crippen LogP contribution in [0.4, 0.5) is 0 Å². The van der Waals surface area contributed by atoms with Gasteiger partial charge in [-0.3, -0.25) is 20.0 Å². The van der Waals surface area contributed by atoms with E-state index >= 15 is 0 Å². The minimum absolute atomic E-state index is 0.0563. The number of carbonyl (C=O) groups excluding carboxylic acids is 2. The van der Waals surface area contributed by atoms with Crippen molar-refractivity contribution in [2.24, 2.45) is 0 Å². The number of amides is 2. The maximum Gasteiger partial charge on any atom is 0.243 e. The summed E-state index contributed by atoms with van der Waals surface area (Å²) in [5.41, 5.74) is 4.89. The van der Waals surface area contributed by atoms with Crippen molar-refractivity contribution in [2.45, 2.75) is 24.6 Å². The number of hydrogen-bond acceptors (Lipinski definition) is 4. The van der Waals surface area contributed by atoms with Crippen LogP contribution in [0.25, 0.3) is 0 Å². The molecule has 6 heteroatoms. The zero-order valence-corrected chi connectivity index (χ0v) is 16.1. The van der Waals surface area contributed by atoms with E-state index in [0.717, 1.165) is 23.4 Å². The Balaban J connectivity index is 1.60. The highest BCUT2D eigenvalue weighted by molar-refractivity contribution is 8.00. The molecule has 0 radical (unpaired) electrons. The Kier molecular flexibility index (Phi) is 7.30. The summed E-state index contributed by atoms with van der Waals surface area (Å²) in [7, 11) is 0. The zero-order chi connectivity index (χ0) is 18.9. The summed E-state index contributed by atoms with van der Waals surface area (Å²) in [6.07, 6.45) is 1.33. The van der Waals surface area contributed by atoms with Gasteiger partial charge in [0, 0.05) is 18.8 Å². The van der Waals surface area contributed by atoms with Gasteiger partial charge in [-0.25, -0.2) is 0 Å². The Morgan fingerprint density at radius 3 is 2.33 bits per heavy atom. The summed E-state index contributed by atoms with van der Waals surface area (Å²) < 4.78 is 0. The molecule has 2 aromatic carbocycles. The molecule has 0 saturated carbocycles. The van der Waals surface area contributed by atoms with E-state index in [1.54, 1.807) is 11.8 Å². The fourth-order valence-electron chi connectivity index (χ4n) is 2.98. The summed E-state index contributed by atoms with van der Waals surface area (Å²) in [6.45, 7) is 1.38. The summed E-state index contributed by atoms with van der Waals surface area (Å²) in [5, 5.41) is 4.92. The molecular formula is C21H25N3O2S. The van der Waals surface area contributed by atoms with Crippen molar-refractivity contribution < 1.29 is 9.59 Å². The molecule has 1 fully saturated rings. The second-order valence-corrected chi connectivity index (χ2v) is 7.81. The van der Waals surface area contributed by atoms with Crippen molar-refractivity contribution in [1.82, 2.24) is 15.8 Å². The molecule has 1 saturated heterocycles. The van der Waals surface area contributed by atoms with Crippen LogP contribution >= 0.6 is 11.8 Å². The second kappa shape index (κ2) is 10.1. The van der Waals surface area contributed by atoms with Crippen LogP contribution in [0.1, 0.15) is 17.5 Å². The standard InChI is InChI=1S/C21H25N3O2S/c25-19(15-18-9-5-2-6-10-18)23-24(13-11-17-7-3-1-4-8-17)21(26)16-20-22-12-14-27-20/h1-10,20,22H,11-16H2,(H,23,25). The molecule has 2 amide bonds. The fraction of sp³-hybridized carbons (Fsp3) is 0.333. The molecule has 1 heterocycles. The molecule has 1 unspecified atom stereocenters. The van der Waals surface area contributed by atoms with Crippen LogP contribution in [0.2, 0.25) is 0 Å². The number of hydrogen-bond donors (Lipinski definition) is 2. The molecule has 1 atom stereocenters. The molecule has 3 rings (SSSR count). The van der Waals surface area contributed by atoms with Gasteiger partial charge in [0.15, 0.2) is 0 Å². The lowest BCUT2D eigenvalue weighted by Gasteiger charge is -2.25. The van der Waals surface area contributed by atoms with Crippen LogP contribution < -0.4 is 10.7 Å². The average Bonchev–Trinajstić information content (AvgIpc) is 3.19. The van der Waals surface area contributed by atoms with E-state index in [1.807, 2.05) is 60.7 Å². The quantitative estimate of drug-likeness (QED) is 0.721. The Labute approximate surface area is 164 Å². The monoisotopic (exact) mass is 383 g/mol. The van der Waals surface area contributed by atoms with Crippen molar-refractivity contribution >= 4 is 23.6 Å². The lowest BCUT2D eigenvalue weighted by Crippen LogP contribution is -2.49. The molecular weight excluding hydrogens is 358 g/mol. The first-order valence-electron chi connectivity index (χ1n) is 9.23. The zero-order valence-electron chi connectivity index (χ0n) is 15.3. The van der Waals surface area contributed by atoms with Gasteiger partial charge in [0.05, 0.1) is 18.2 Å². The summed E-state index contributed by atoms with van der Waals surface area (Å²) in [4.78, 5) is 25.2. The van der Waals surface area contributed by atoms with E-state index in [9.17, 15) is 9.59 Å². The highest BCUT2D eigenvalue weighted by Crippen LogP contribution is 2.17. The van der Waals surface area contributed by atoms with Crippen molar-refractivity contribution in [3.8, 4) is 0 Å². The highest BCUT2D eigenvalue weighted by Gasteiger charge is 2.23. The Hall–Kier alpha value is -2.31. The van der Waals surface area contributed by atoms with Crippen LogP contribution in [-0.2, 0) is 22.4 Å². The van der Waals surface area contributed by atoms with Crippen LogP contribution in [0, 0.1) is 0 Å². The topological polar surface area (TPSA) is 61.4 Å². The van der Waals surface area contributed by atoms with Gasteiger partial charge in [0.25, 0.3) is 0 Å². The predicted molar refractivity (Wildman–Crippen MR) is 109 cm³/mol. The van der Waals surface area contributed by atoms with Crippen LogP contribution in [-0.4, -0.2) is 41.0 Å². The number of nitrogens with one attached hydrogen (secondary N) is 2. The third kappa shape index (κ3) is 6.41. The van der Waals surface area contributed by atoms with Gasteiger partial charge >= 0.3 is 0 Å². The second-order valence-electron chi connectivity index (χ2n) is 6.50. The third-order valence-electron chi connectivity index (χ3n) is 4.39. The van der Waals surface area contributed by atoms with Gasteiger partial charge in [-0.15, -0.1) is 11.8 Å². The van der Waals surface area contributed by atoms with Gasteiger partial charge in [-0.2, -0.15) is 0 Å². The largest absolute Gasteiger partial charge is 0.304 e. The molecule has 27 heavy (non-hydrogen) atoms. The fourth-order valence-corrected chi connectivity index (χ4v) is 4.00. The third-order valence-corrected chi connectivity index (χ3v) is 5.56. The van der Waals surface area contributed by atoms with E-state index in [1.165, 1.54) is 5.01 Å². The van der Waals surface area contributed by atoms with Gasteiger partial charge in [-0.1, -0.05) is 60.7 Å². The molecule has 2 N–H and O–H groups in total. The van der Waals surface area contributed by atoms with Crippen LogP contribution in [0.5, 0.6) is 0 Å². The normalized spacial score (nSPS) is 16.1. The first-order valence-corrected chi connectivity index (χ1v) is 10.3. The molecule has 1 aliphatic heterocycles. The summed E-state index contributed by atoms with van der Waals surface area (Å²) in [6, 6.07) is 19.5. The van der Waals surface area contributed by atoms with E-state index in [-0.39, 0.29) is 23.6 Å². The number of carbonyl (C=O) groups is 2. The van der Waals surface area contributed by atoms with Crippen LogP contribution in [0.3, 0.4) is 0 Å². The van der Waals surface area contributed by atoms with Crippen molar-refractivity contribution in [2.75, 3.05) is 18.8 Å². The van der Waals surface area contributed by atoms with Crippen molar-refractivity contribution in [1.29, 1.82) is 0 Å².